The summed E-state index contributed by atoms with van der Waals surface area (Å²) >= 11 is 0. The van der Waals surface area contributed by atoms with Gasteiger partial charge in [-0.05, 0) is 0 Å². The van der Waals surface area contributed by atoms with Crippen LogP contribution in [-0.4, -0.2) is 22.9 Å². The highest BCUT2D eigenvalue weighted by Gasteiger charge is 2.00. The SMILES string of the molecule is CC.COc1cnc(C(C)=O)cn1. The smallest absolute Gasteiger partial charge is 0.232 e. The first-order valence-corrected chi connectivity index (χ1v) is 4.11. The maximum Gasteiger partial charge on any atom is 0.232 e. The van der Waals surface area contributed by atoms with E-state index in [9.17, 15) is 4.79 Å². The van der Waals surface area contributed by atoms with Gasteiger partial charge in [0.15, 0.2) is 5.78 Å². The van der Waals surface area contributed by atoms with Crippen LogP contribution < -0.4 is 4.74 Å². The fraction of sp³-hybridized carbons (Fsp3) is 0.444. The van der Waals surface area contributed by atoms with Gasteiger partial charge in [-0.25, -0.2) is 9.97 Å². The van der Waals surface area contributed by atoms with Gasteiger partial charge < -0.3 is 4.74 Å². The second-order valence-electron chi connectivity index (χ2n) is 2.00. The Bertz CT molecular complexity index is 257. The minimum absolute atomic E-state index is 0.0971. The summed E-state index contributed by atoms with van der Waals surface area (Å²) in [5, 5.41) is 0. The molecule has 0 spiro atoms. The van der Waals surface area contributed by atoms with Crippen LogP contribution in [0.15, 0.2) is 12.4 Å². The number of carbonyl (C=O) groups is 1. The Morgan fingerprint density at radius 1 is 1.31 bits per heavy atom. The summed E-state index contributed by atoms with van der Waals surface area (Å²) < 4.78 is 4.76. The number of hydrogen-bond acceptors (Lipinski definition) is 4. The Hall–Kier alpha value is -1.45. The lowest BCUT2D eigenvalue weighted by Gasteiger charge is -1.96. The predicted octanol–water partition coefficient (Wildman–Crippen LogP) is 1.71. The number of methoxy groups -OCH3 is 1. The van der Waals surface area contributed by atoms with Crippen LogP contribution in [0.2, 0.25) is 0 Å². The van der Waals surface area contributed by atoms with E-state index in [2.05, 4.69) is 9.97 Å². The highest BCUT2D eigenvalue weighted by atomic mass is 16.5. The van der Waals surface area contributed by atoms with E-state index in [1.807, 2.05) is 13.8 Å². The van der Waals surface area contributed by atoms with Crippen molar-refractivity contribution in [3.8, 4) is 5.88 Å². The van der Waals surface area contributed by atoms with Gasteiger partial charge in [-0.15, -0.1) is 0 Å². The zero-order valence-electron chi connectivity index (χ0n) is 8.37. The van der Waals surface area contributed by atoms with Crippen LogP contribution in [-0.2, 0) is 0 Å². The predicted molar refractivity (Wildman–Crippen MR) is 49.9 cm³/mol. The van der Waals surface area contributed by atoms with Crippen molar-refractivity contribution in [3.05, 3.63) is 18.1 Å². The molecule has 0 saturated carbocycles. The lowest BCUT2D eigenvalue weighted by molar-refractivity contribution is 0.101. The van der Waals surface area contributed by atoms with Crippen molar-refractivity contribution in [2.45, 2.75) is 20.8 Å². The van der Waals surface area contributed by atoms with Crippen LogP contribution in [0.3, 0.4) is 0 Å². The largest absolute Gasteiger partial charge is 0.480 e. The number of nitrogens with zero attached hydrogens (tertiary/aromatic N) is 2. The Balaban J connectivity index is 0.000000671. The van der Waals surface area contributed by atoms with Crippen LogP contribution in [0, 0.1) is 0 Å². The summed E-state index contributed by atoms with van der Waals surface area (Å²) in [5.74, 6) is 0.315. The summed E-state index contributed by atoms with van der Waals surface area (Å²) in [6.07, 6.45) is 2.80. The van der Waals surface area contributed by atoms with Crippen LogP contribution in [0.25, 0.3) is 0 Å². The third-order valence-corrected chi connectivity index (χ3v) is 1.20. The van der Waals surface area contributed by atoms with E-state index in [4.69, 9.17) is 4.74 Å². The third kappa shape index (κ3) is 3.64. The molecule has 0 aromatic carbocycles. The maximum absolute atomic E-state index is 10.7. The summed E-state index contributed by atoms with van der Waals surface area (Å²) in [4.78, 5) is 18.3. The Morgan fingerprint density at radius 3 is 2.23 bits per heavy atom. The van der Waals surface area contributed by atoms with Gasteiger partial charge in [0.25, 0.3) is 0 Å². The average molecular weight is 182 g/mol. The van der Waals surface area contributed by atoms with Crippen molar-refractivity contribution in [3.63, 3.8) is 0 Å². The summed E-state index contributed by atoms with van der Waals surface area (Å²) in [6.45, 7) is 5.44. The molecule has 0 atom stereocenters. The monoisotopic (exact) mass is 182 g/mol. The maximum atomic E-state index is 10.7. The molecule has 0 unspecified atom stereocenters. The normalized spacial score (nSPS) is 8.31. The molecule has 0 saturated heterocycles. The first kappa shape index (κ1) is 11.6. The molecule has 1 heterocycles. The highest BCUT2D eigenvalue weighted by molar-refractivity contribution is 5.91. The molecule has 0 bridgehead atoms. The molecule has 4 nitrogen and oxygen atoms in total. The first-order valence-electron chi connectivity index (χ1n) is 4.11. The molecule has 0 aliphatic heterocycles. The molecule has 72 valence electrons. The molecule has 0 N–H and O–H groups in total. The Kier molecular flexibility index (Phi) is 5.43. The quantitative estimate of drug-likeness (QED) is 0.653. The lowest BCUT2D eigenvalue weighted by atomic mass is 10.3. The van der Waals surface area contributed by atoms with Gasteiger partial charge in [-0.1, -0.05) is 13.8 Å². The van der Waals surface area contributed by atoms with Gasteiger partial charge in [0.1, 0.15) is 5.69 Å². The van der Waals surface area contributed by atoms with Gasteiger partial charge in [0.05, 0.1) is 19.5 Å². The molecular weight excluding hydrogens is 168 g/mol. The van der Waals surface area contributed by atoms with Gasteiger partial charge in [0, 0.05) is 6.92 Å². The first-order chi connectivity index (χ1) is 6.24. The summed E-state index contributed by atoms with van der Waals surface area (Å²) in [7, 11) is 1.50. The third-order valence-electron chi connectivity index (χ3n) is 1.20. The molecule has 4 heteroatoms. The highest BCUT2D eigenvalue weighted by Crippen LogP contribution is 2.02. The van der Waals surface area contributed by atoms with Crippen molar-refractivity contribution < 1.29 is 9.53 Å². The fourth-order valence-corrected chi connectivity index (χ4v) is 0.603. The summed E-state index contributed by atoms with van der Waals surface area (Å²) in [6, 6.07) is 0. The summed E-state index contributed by atoms with van der Waals surface area (Å²) in [5.41, 5.74) is 0.353. The minimum atomic E-state index is -0.0971. The number of ether oxygens (including phenoxy) is 1. The van der Waals surface area contributed by atoms with Crippen LogP contribution in [0.5, 0.6) is 5.88 Å². The standard InChI is InChI=1S/C7H8N2O2.C2H6/c1-5(10)6-3-9-7(11-2)4-8-6;1-2/h3-4H,1-2H3;1-2H3. The van der Waals surface area contributed by atoms with Gasteiger partial charge in [-0.2, -0.15) is 0 Å². The molecule has 0 radical (unpaired) electrons. The number of carbonyl (C=O) groups excluding carboxylic acids is 1. The second kappa shape index (κ2) is 6.11. The molecule has 0 fully saturated rings. The topological polar surface area (TPSA) is 52.1 Å². The van der Waals surface area contributed by atoms with E-state index >= 15 is 0 Å². The van der Waals surface area contributed by atoms with Crippen LogP contribution in [0.4, 0.5) is 0 Å². The van der Waals surface area contributed by atoms with Crippen molar-refractivity contribution in [2.75, 3.05) is 7.11 Å². The van der Waals surface area contributed by atoms with Crippen LogP contribution >= 0.6 is 0 Å². The number of ketones is 1. The zero-order valence-corrected chi connectivity index (χ0v) is 8.37. The van der Waals surface area contributed by atoms with Gasteiger partial charge >= 0.3 is 0 Å². The molecule has 0 aliphatic rings. The minimum Gasteiger partial charge on any atom is -0.480 e. The number of aromatic nitrogens is 2. The fourth-order valence-electron chi connectivity index (χ4n) is 0.603. The van der Waals surface area contributed by atoms with Crippen molar-refractivity contribution >= 4 is 5.78 Å². The van der Waals surface area contributed by atoms with E-state index in [0.29, 0.717) is 11.6 Å². The average Bonchev–Trinajstić information content (AvgIpc) is 2.21. The van der Waals surface area contributed by atoms with Gasteiger partial charge in [-0.3, -0.25) is 4.79 Å². The van der Waals surface area contributed by atoms with E-state index in [0.717, 1.165) is 0 Å². The van der Waals surface area contributed by atoms with Gasteiger partial charge in [0.2, 0.25) is 5.88 Å². The molecule has 1 rings (SSSR count). The molecule has 1 aromatic rings. The van der Waals surface area contributed by atoms with E-state index < -0.39 is 0 Å². The van der Waals surface area contributed by atoms with E-state index in [-0.39, 0.29) is 5.78 Å². The zero-order chi connectivity index (χ0) is 10.3. The Labute approximate surface area is 78.0 Å². The molecular formula is C9H14N2O2. The van der Waals surface area contributed by atoms with Crippen molar-refractivity contribution in [1.29, 1.82) is 0 Å². The second-order valence-corrected chi connectivity index (χ2v) is 2.00. The molecule has 13 heavy (non-hydrogen) atoms. The molecule has 1 aromatic heterocycles. The Morgan fingerprint density at radius 2 is 1.92 bits per heavy atom. The number of rotatable bonds is 2. The van der Waals surface area contributed by atoms with E-state index in [1.165, 1.54) is 26.4 Å². The van der Waals surface area contributed by atoms with Crippen molar-refractivity contribution in [1.82, 2.24) is 9.97 Å². The molecule has 0 amide bonds. The van der Waals surface area contributed by atoms with Crippen LogP contribution in [0.1, 0.15) is 31.3 Å². The van der Waals surface area contributed by atoms with E-state index in [1.54, 1.807) is 0 Å². The van der Waals surface area contributed by atoms with Crippen molar-refractivity contribution in [2.24, 2.45) is 0 Å². The number of hydrogen-bond donors (Lipinski definition) is 0. The lowest BCUT2D eigenvalue weighted by Crippen LogP contribution is -1.98. The molecule has 0 aliphatic carbocycles. The number of Topliss-reactive ketones (excluding diaryl/α,β-unsaturated/α-hetero) is 1.